The molecule has 2 nitrogen and oxygen atoms in total. The number of benzene rings is 2. The lowest BCUT2D eigenvalue weighted by Crippen LogP contribution is -2.28. The Bertz CT molecular complexity index is 616. The summed E-state index contributed by atoms with van der Waals surface area (Å²) in [4.78, 5) is 11.9. The molecule has 2 aromatic carbocycles. The molecule has 0 aliphatic carbocycles. The minimum atomic E-state index is -0.247. The average Bonchev–Trinajstić information content (AvgIpc) is 2.50. The van der Waals surface area contributed by atoms with Crippen molar-refractivity contribution < 1.29 is 9.18 Å². The Hall–Kier alpha value is -1.52. The van der Waals surface area contributed by atoms with Gasteiger partial charge >= 0.3 is 0 Å². The topological polar surface area (TPSA) is 29.1 Å². The van der Waals surface area contributed by atoms with Crippen LogP contribution in [0.25, 0.3) is 0 Å². The average molecular weight is 338 g/mol. The molecule has 1 N–H and O–H groups in total. The summed E-state index contributed by atoms with van der Waals surface area (Å²) in [5, 5.41) is 3.63. The Labute approximate surface area is 139 Å². The van der Waals surface area contributed by atoms with Crippen molar-refractivity contribution in [1.29, 1.82) is 0 Å². The molecule has 1 amide bonds. The van der Waals surface area contributed by atoms with Crippen LogP contribution in [0.5, 0.6) is 0 Å². The summed E-state index contributed by atoms with van der Waals surface area (Å²) < 4.78 is 12.8. The van der Waals surface area contributed by atoms with Crippen LogP contribution in [0.1, 0.15) is 24.1 Å². The molecule has 0 aliphatic heterocycles. The third-order valence-corrected chi connectivity index (χ3v) is 4.42. The number of thioether (sulfide) groups is 1. The molecule has 0 saturated heterocycles. The highest BCUT2D eigenvalue weighted by molar-refractivity contribution is 7.99. The molecule has 0 fully saturated rings. The number of halogens is 2. The van der Waals surface area contributed by atoms with Crippen molar-refractivity contribution in [1.82, 2.24) is 5.32 Å². The van der Waals surface area contributed by atoms with Crippen LogP contribution in [-0.4, -0.2) is 11.7 Å². The first kappa shape index (κ1) is 16.8. The predicted molar refractivity (Wildman–Crippen MR) is 90.6 cm³/mol. The molecule has 0 spiro atoms. The van der Waals surface area contributed by atoms with Crippen LogP contribution in [0.4, 0.5) is 4.39 Å². The maximum Gasteiger partial charge on any atom is 0.230 e. The Morgan fingerprint density at radius 3 is 2.45 bits per heavy atom. The first-order valence-electron chi connectivity index (χ1n) is 6.91. The van der Waals surface area contributed by atoms with E-state index in [-0.39, 0.29) is 17.8 Å². The maximum atomic E-state index is 12.8. The largest absolute Gasteiger partial charge is 0.349 e. The van der Waals surface area contributed by atoms with E-state index in [1.165, 1.54) is 23.9 Å². The fourth-order valence-electron chi connectivity index (χ4n) is 1.96. The lowest BCUT2D eigenvalue weighted by Gasteiger charge is -2.14. The van der Waals surface area contributed by atoms with Crippen LogP contribution in [0.2, 0.25) is 5.02 Å². The summed E-state index contributed by atoms with van der Waals surface area (Å²) in [7, 11) is 0. The van der Waals surface area contributed by atoms with E-state index in [0.717, 1.165) is 11.1 Å². The number of rotatable bonds is 6. The van der Waals surface area contributed by atoms with Gasteiger partial charge in [0.05, 0.1) is 11.8 Å². The van der Waals surface area contributed by atoms with Crippen molar-refractivity contribution in [3.8, 4) is 0 Å². The van der Waals surface area contributed by atoms with Gasteiger partial charge in [-0.2, -0.15) is 0 Å². The van der Waals surface area contributed by atoms with E-state index in [0.29, 0.717) is 16.5 Å². The van der Waals surface area contributed by atoms with Gasteiger partial charge in [-0.1, -0.05) is 35.9 Å². The van der Waals surface area contributed by atoms with Crippen LogP contribution in [-0.2, 0) is 10.5 Å². The van der Waals surface area contributed by atoms with Crippen molar-refractivity contribution in [2.75, 3.05) is 5.75 Å². The molecule has 2 rings (SSSR count). The molecule has 1 unspecified atom stereocenters. The van der Waals surface area contributed by atoms with Crippen LogP contribution < -0.4 is 5.32 Å². The summed E-state index contributed by atoms with van der Waals surface area (Å²) >= 11 is 7.35. The number of carbonyl (C=O) groups is 1. The lowest BCUT2D eigenvalue weighted by atomic mass is 10.1. The molecular weight excluding hydrogens is 321 g/mol. The number of carbonyl (C=O) groups excluding carboxylic acids is 1. The molecule has 0 aromatic heterocycles. The second kappa shape index (κ2) is 8.20. The number of hydrogen-bond donors (Lipinski definition) is 1. The molecule has 0 radical (unpaired) electrons. The highest BCUT2D eigenvalue weighted by Gasteiger charge is 2.09. The normalized spacial score (nSPS) is 12.0. The molecule has 1 atom stereocenters. The van der Waals surface area contributed by atoms with Crippen molar-refractivity contribution in [2.24, 2.45) is 0 Å². The standard InChI is InChI=1S/C17H17ClFNOS/c1-12(14-4-6-15(18)7-5-14)20-17(21)11-22-10-13-2-8-16(19)9-3-13/h2-9,12H,10-11H2,1H3,(H,20,21). The SMILES string of the molecule is CC(NC(=O)CSCc1ccc(F)cc1)c1ccc(Cl)cc1. The number of amides is 1. The van der Waals surface area contributed by atoms with E-state index in [2.05, 4.69) is 5.32 Å². The van der Waals surface area contributed by atoms with E-state index in [1.54, 1.807) is 12.1 Å². The van der Waals surface area contributed by atoms with Crippen molar-refractivity contribution in [3.05, 3.63) is 70.5 Å². The first-order valence-corrected chi connectivity index (χ1v) is 8.45. The molecule has 0 bridgehead atoms. The molecule has 5 heteroatoms. The highest BCUT2D eigenvalue weighted by Crippen LogP contribution is 2.17. The highest BCUT2D eigenvalue weighted by atomic mass is 35.5. The Kier molecular flexibility index (Phi) is 6.28. The fraction of sp³-hybridized carbons (Fsp3) is 0.235. The van der Waals surface area contributed by atoms with Crippen LogP contribution in [0.15, 0.2) is 48.5 Å². The molecular formula is C17H17ClFNOS. The Morgan fingerprint density at radius 2 is 1.82 bits per heavy atom. The summed E-state index contributed by atoms with van der Waals surface area (Å²) in [6, 6.07) is 13.7. The smallest absolute Gasteiger partial charge is 0.230 e. The number of hydrogen-bond acceptors (Lipinski definition) is 2. The second-order valence-electron chi connectivity index (χ2n) is 4.96. The zero-order valence-electron chi connectivity index (χ0n) is 12.2. The molecule has 0 saturated carbocycles. The number of nitrogens with one attached hydrogen (secondary N) is 1. The minimum Gasteiger partial charge on any atom is -0.349 e. The monoisotopic (exact) mass is 337 g/mol. The molecule has 22 heavy (non-hydrogen) atoms. The van der Waals surface area contributed by atoms with Gasteiger partial charge in [-0.15, -0.1) is 11.8 Å². The summed E-state index contributed by atoms with van der Waals surface area (Å²) in [6.07, 6.45) is 0. The van der Waals surface area contributed by atoms with E-state index >= 15 is 0 Å². The van der Waals surface area contributed by atoms with E-state index in [1.807, 2.05) is 31.2 Å². The lowest BCUT2D eigenvalue weighted by molar-refractivity contribution is -0.119. The van der Waals surface area contributed by atoms with Gasteiger partial charge in [0.15, 0.2) is 0 Å². The fourth-order valence-corrected chi connectivity index (χ4v) is 2.89. The minimum absolute atomic E-state index is 0.0189. The Balaban J connectivity index is 1.75. The molecule has 0 heterocycles. The van der Waals surface area contributed by atoms with Crippen molar-refractivity contribution in [3.63, 3.8) is 0 Å². The van der Waals surface area contributed by atoms with Crippen molar-refractivity contribution >= 4 is 29.3 Å². The van der Waals surface area contributed by atoms with Gasteiger partial charge in [0.25, 0.3) is 0 Å². The molecule has 116 valence electrons. The third kappa shape index (κ3) is 5.35. The summed E-state index contributed by atoms with van der Waals surface area (Å²) in [5.74, 6) is 0.788. The van der Waals surface area contributed by atoms with Crippen molar-refractivity contribution in [2.45, 2.75) is 18.7 Å². The van der Waals surface area contributed by atoms with Gasteiger partial charge in [0, 0.05) is 10.8 Å². The van der Waals surface area contributed by atoms with Gasteiger partial charge in [-0.05, 0) is 42.3 Å². The second-order valence-corrected chi connectivity index (χ2v) is 6.38. The van der Waals surface area contributed by atoms with E-state index in [4.69, 9.17) is 11.6 Å². The van der Waals surface area contributed by atoms with Crippen LogP contribution in [0, 0.1) is 5.82 Å². The molecule has 2 aromatic rings. The maximum absolute atomic E-state index is 12.8. The first-order chi connectivity index (χ1) is 10.5. The van der Waals surface area contributed by atoms with Gasteiger partial charge in [-0.3, -0.25) is 4.79 Å². The zero-order valence-corrected chi connectivity index (χ0v) is 13.8. The van der Waals surface area contributed by atoms with Crippen LogP contribution >= 0.6 is 23.4 Å². The molecule has 0 aliphatic rings. The third-order valence-electron chi connectivity index (χ3n) is 3.16. The van der Waals surface area contributed by atoms with Crippen LogP contribution in [0.3, 0.4) is 0 Å². The van der Waals surface area contributed by atoms with Gasteiger partial charge in [-0.25, -0.2) is 4.39 Å². The van der Waals surface area contributed by atoms with E-state index in [9.17, 15) is 9.18 Å². The summed E-state index contributed by atoms with van der Waals surface area (Å²) in [5.41, 5.74) is 2.02. The van der Waals surface area contributed by atoms with Gasteiger partial charge in [0.1, 0.15) is 5.82 Å². The summed E-state index contributed by atoms with van der Waals surface area (Å²) in [6.45, 7) is 1.94. The van der Waals surface area contributed by atoms with E-state index < -0.39 is 0 Å². The zero-order chi connectivity index (χ0) is 15.9. The van der Waals surface area contributed by atoms with Gasteiger partial charge < -0.3 is 5.32 Å². The predicted octanol–water partition coefficient (Wildman–Crippen LogP) is 4.59. The quantitative estimate of drug-likeness (QED) is 0.835. The Morgan fingerprint density at radius 1 is 1.18 bits per heavy atom. The van der Waals surface area contributed by atoms with Gasteiger partial charge in [0.2, 0.25) is 5.91 Å².